The van der Waals surface area contributed by atoms with Crippen molar-refractivity contribution < 1.29 is 4.92 Å². The number of anilines is 1. The number of nitrogens with zero attached hydrogens (tertiary/aromatic N) is 3. The van der Waals surface area contributed by atoms with Gasteiger partial charge in [-0.05, 0) is 0 Å². The zero-order valence-electron chi connectivity index (χ0n) is 9.32. The Morgan fingerprint density at radius 3 is 2.89 bits per heavy atom. The molecule has 0 aliphatic heterocycles. The van der Waals surface area contributed by atoms with Crippen molar-refractivity contribution >= 4 is 22.2 Å². The van der Waals surface area contributed by atoms with E-state index in [1.54, 1.807) is 0 Å². The van der Waals surface area contributed by atoms with Gasteiger partial charge in [0.1, 0.15) is 0 Å². The molecule has 10 nitrogen and oxygen atoms in total. The third-order valence-electron chi connectivity index (χ3n) is 2.19. The first kappa shape index (κ1) is 12.9. The van der Waals surface area contributed by atoms with Crippen LogP contribution in [-0.2, 0) is 6.54 Å². The molecule has 2 rings (SSSR count). The Bertz CT molecular complexity index is 731. The minimum Gasteiger partial charge on any atom is -0.300 e. The van der Waals surface area contributed by atoms with Crippen molar-refractivity contribution in [3.05, 3.63) is 48.2 Å². The zero-order valence-corrected chi connectivity index (χ0v) is 10.1. The number of aromatic nitrogens is 3. The number of nitrogen functional groups attached to an aromatic ring is 1. The highest BCUT2D eigenvalue weighted by Gasteiger charge is 2.15. The van der Waals surface area contributed by atoms with Gasteiger partial charge in [0.25, 0.3) is 0 Å². The van der Waals surface area contributed by atoms with E-state index in [4.69, 9.17) is 5.84 Å². The first-order valence-corrected chi connectivity index (χ1v) is 5.72. The average molecular weight is 284 g/mol. The van der Waals surface area contributed by atoms with Crippen molar-refractivity contribution in [2.24, 2.45) is 5.84 Å². The molecule has 2 heterocycles. The van der Waals surface area contributed by atoms with Crippen molar-refractivity contribution in [1.29, 1.82) is 0 Å². The zero-order chi connectivity index (χ0) is 14.0. The summed E-state index contributed by atoms with van der Waals surface area (Å²) >= 11 is 1.19. The average Bonchev–Trinajstić information content (AvgIpc) is 2.80. The van der Waals surface area contributed by atoms with Gasteiger partial charge in [-0.25, -0.2) is 15.6 Å². The summed E-state index contributed by atoms with van der Waals surface area (Å²) < 4.78 is 1.02. The van der Waals surface area contributed by atoms with Gasteiger partial charge in [0.15, 0.2) is 5.13 Å². The monoisotopic (exact) mass is 284 g/mol. The van der Waals surface area contributed by atoms with Gasteiger partial charge in [0, 0.05) is 11.1 Å². The SMILES string of the molecule is NNc1ncc(Cn2cc([N+](=O)[O-])c(=O)[nH]c2=O)s1. The van der Waals surface area contributed by atoms with Gasteiger partial charge in [-0.2, -0.15) is 0 Å². The van der Waals surface area contributed by atoms with Gasteiger partial charge in [0.2, 0.25) is 0 Å². The first-order valence-electron chi connectivity index (χ1n) is 4.90. The minimum atomic E-state index is -1.03. The van der Waals surface area contributed by atoms with Crippen LogP contribution in [0.2, 0.25) is 0 Å². The van der Waals surface area contributed by atoms with E-state index in [0.717, 1.165) is 10.8 Å². The van der Waals surface area contributed by atoms with Gasteiger partial charge >= 0.3 is 16.9 Å². The van der Waals surface area contributed by atoms with E-state index in [-0.39, 0.29) is 6.54 Å². The fourth-order valence-electron chi connectivity index (χ4n) is 1.36. The summed E-state index contributed by atoms with van der Waals surface area (Å²) in [6.07, 6.45) is 2.37. The van der Waals surface area contributed by atoms with E-state index in [9.17, 15) is 19.7 Å². The summed E-state index contributed by atoms with van der Waals surface area (Å²) in [4.78, 5) is 38.9. The Morgan fingerprint density at radius 1 is 1.58 bits per heavy atom. The topological polar surface area (TPSA) is 149 Å². The highest BCUT2D eigenvalue weighted by molar-refractivity contribution is 7.15. The molecular formula is C8H8N6O4S. The molecule has 2 aromatic heterocycles. The molecule has 0 radical (unpaired) electrons. The molecule has 11 heteroatoms. The van der Waals surface area contributed by atoms with Crippen LogP contribution in [-0.4, -0.2) is 19.5 Å². The molecule has 4 N–H and O–H groups in total. The summed E-state index contributed by atoms with van der Waals surface area (Å²) in [5.74, 6) is 5.16. The van der Waals surface area contributed by atoms with E-state index in [1.165, 1.54) is 17.5 Å². The van der Waals surface area contributed by atoms with Crippen LogP contribution in [0.1, 0.15) is 4.88 Å². The minimum absolute atomic E-state index is 0.0514. The molecule has 0 amide bonds. The Balaban J connectivity index is 2.39. The lowest BCUT2D eigenvalue weighted by Gasteiger charge is -2.01. The number of rotatable bonds is 4. The van der Waals surface area contributed by atoms with Crippen LogP contribution in [0.5, 0.6) is 0 Å². The Morgan fingerprint density at radius 2 is 2.32 bits per heavy atom. The summed E-state index contributed by atoms with van der Waals surface area (Å²) in [6, 6.07) is 0. The predicted molar refractivity (Wildman–Crippen MR) is 67.0 cm³/mol. The van der Waals surface area contributed by atoms with Crippen molar-refractivity contribution in [1.82, 2.24) is 14.5 Å². The second-order valence-electron chi connectivity index (χ2n) is 3.43. The molecule has 0 aliphatic carbocycles. The molecule has 0 saturated heterocycles. The third-order valence-corrected chi connectivity index (χ3v) is 3.11. The van der Waals surface area contributed by atoms with E-state index >= 15 is 0 Å². The molecule has 0 fully saturated rings. The van der Waals surface area contributed by atoms with E-state index < -0.39 is 21.9 Å². The smallest absolute Gasteiger partial charge is 0.300 e. The van der Waals surface area contributed by atoms with E-state index in [0.29, 0.717) is 10.0 Å². The molecule has 100 valence electrons. The van der Waals surface area contributed by atoms with Crippen LogP contribution in [0.3, 0.4) is 0 Å². The number of H-pyrrole nitrogens is 1. The third kappa shape index (κ3) is 2.66. The fraction of sp³-hybridized carbons (Fsp3) is 0.125. The lowest BCUT2D eigenvalue weighted by Crippen LogP contribution is -2.30. The number of hydrogen-bond donors (Lipinski definition) is 3. The molecule has 19 heavy (non-hydrogen) atoms. The van der Waals surface area contributed by atoms with Crippen molar-refractivity contribution in [2.45, 2.75) is 6.54 Å². The highest BCUT2D eigenvalue weighted by Crippen LogP contribution is 2.17. The van der Waals surface area contributed by atoms with E-state index in [2.05, 4.69) is 10.4 Å². The Labute approximate surface area is 108 Å². The van der Waals surface area contributed by atoms with Crippen LogP contribution in [0.25, 0.3) is 0 Å². The van der Waals surface area contributed by atoms with Gasteiger partial charge in [-0.15, -0.1) is 0 Å². The number of nitrogens with one attached hydrogen (secondary N) is 2. The molecular weight excluding hydrogens is 276 g/mol. The van der Waals surface area contributed by atoms with Gasteiger partial charge in [-0.3, -0.25) is 29.9 Å². The highest BCUT2D eigenvalue weighted by atomic mass is 32.1. The maximum Gasteiger partial charge on any atom is 0.350 e. The molecule has 0 spiro atoms. The standard InChI is InChI=1S/C8H8N6O4S/c9-12-7-10-1-4(19-7)2-13-3-5(14(17)18)6(15)11-8(13)16/h1,3H,2,9H2,(H,10,12)(H,11,15,16). The van der Waals surface area contributed by atoms with Crippen molar-refractivity contribution in [3.8, 4) is 0 Å². The van der Waals surface area contributed by atoms with Gasteiger partial charge < -0.3 is 0 Å². The fourth-order valence-corrected chi connectivity index (χ4v) is 2.08. The number of aromatic amines is 1. The van der Waals surface area contributed by atoms with Crippen LogP contribution < -0.4 is 22.5 Å². The number of thiazole rings is 1. The number of hydrogen-bond acceptors (Lipinski definition) is 8. The van der Waals surface area contributed by atoms with E-state index in [1.807, 2.05) is 4.98 Å². The number of hydrazine groups is 1. The maximum absolute atomic E-state index is 11.5. The van der Waals surface area contributed by atoms with Crippen LogP contribution in [0, 0.1) is 10.1 Å². The molecule has 2 aromatic rings. The molecule has 0 bridgehead atoms. The predicted octanol–water partition coefficient (Wildman–Crippen LogP) is -0.765. The van der Waals surface area contributed by atoms with Crippen LogP contribution in [0.4, 0.5) is 10.8 Å². The van der Waals surface area contributed by atoms with Crippen LogP contribution >= 0.6 is 11.3 Å². The van der Waals surface area contributed by atoms with Gasteiger partial charge in [-0.1, -0.05) is 11.3 Å². The molecule has 0 aliphatic rings. The summed E-state index contributed by atoms with van der Waals surface area (Å²) in [7, 11) is 0. The largest absolute Gasteiger partial charge is 0.350 e. The number of nitro groups is 1. The normalized spacial score (nSPS) is 10.4. The van der Waals surface area contributed by atoms with Crippen molar-refractivity contribution in [3.63, 3.8) is 0 Å². The van der Waals surface area contributed by atoms with Crippen LogP contribution in [0.15, 0.2) is 22.0 Å². The molecule has 0 unspecified atom stereocenters. The summed E-state index contributed by atoms with van der Waals surface area (Å²) in [5.41, 5.74) is -0.111. The molecule has 0 aromatic carbocycles. The summed E-state index contributed by atoms with van der Waals surface area (Å²) in [5, 5.41) is 11.1. The van der Waals surface area contributed by atoms with Gasteiger partial charge in [0.05, 0.1) is 17.7 Å². The Kier molecular flexibility index (Phi) is 3.39. The number of nitrogens with two attached hydrogens (primary N) is 1. The quantitative estimate of drug-likeness (QED) is 0.379. The first-order chi connectivity index (χ1) is 9.01. The molecule has 0 atom stereocenters. The molecule has 0 saturated carbocycles. The second kappa shape index (κ2) is 4.99. The second-order valence-corrected chi connectivity index (χ2v) is 4.55. The maximum atomic E-state index is 11.5. The summed E-state index contributed by atoms with van der Waals surface area (Å²) in [6.45, 7) is 0.0514. The van der Waals surface area contributed by atoms with Crippen molar-refractivity contribution in [2.75, 3.05) is 5.43 Å². The lowest BCUT2D eigenvalue weighted by atomic mass is 10.5. The lowest BCUT2D eigenvalue weighted by molar-refractivity contribution is -0.386. The Hall–Kier alpha value is -2.53.